The van der Waals surface area contributed by atoms with Gasteiger partial charge in [-0.05, 0) is 49.7 Å². The van der Waals surface area contributed by atoms with Crippen molar-refractivity contribution in [1.82, 2.24) is 5.43 Å². The summed E-state index contributed by atoms with van der Waals surface area (Å²) >= 11 is 0. The Bertz CT molecular complexity index is 415. The molecule has 3 N–H and O–H groups in total. The van der Waals surface area contributed by atoms with E-state index >= 15 is 0 Å². The smallest absolute Gasteiger partial charge is 0.0576 e. The van der Waals surface area contributed by atoms with Crippen LogP contribution in [0.4, 0.5) is 0 Å². The molecule has 19 heavy (non-hydrogen) atoms. The van der Waals surface area contributed by atoms with Gasteiger partial charge in [0.25, 0.3) is 0 Å². The first-order valence-electron chi connectivity index (χ1n) is 7.54. The van der Waals surface area contributed by atoms with Gasteiger partial charge in [-0.25, -0.2) is 0 Å². The summed E-state index contributed by atoms with van der Waals surface area (Å²) in [5.74, 6) is 6.38. The molecule has 0 radical (unpaired) electrons. The second kappa shape index (κ2) is 6.04. The number of hydrogen-bond donors (Lipinski definition) is 2. The van der Waals surface area contributed by atoms with Gasteiger partial charge in [-0.3, -0.25) is 11.3 Å². The van der Waals surface area contributed by atoms with Crippen LogP contribution in [-0.2, 0) is 11.2 Å². The molecule has 3 heteroatoms. The van der Waals surface area contributed by atoms with Crippen LogP contribution in [0.3, 0.4) is 0 Å². The van der Waals surface area contributed by atoms with Crippen LogP contribution in [0.25, 0.3) is 0 Å². The van der Waals surface area contributed by atoms with Crippen LogP contribution in [0, 0.1) is 0 Å². The molecule has 0 aromatic heterocycles. The largest absolute Gasteiger partial charge is 0.378 e. The van der Waals surface area contributed by atoms with E-state index in [1.165, 1.54) is 36.8 Å². The average Bonchev–Trinajstić information content (AvgIpc) is 3.09. The van der Waals surface area contributed by atoms with E-state index in [-0.39, 0.29) is 0 Å². The maximum atomic E-state index is 5.80. The van der Waals surface area contributed by atoms with E-state index in [1.807, 2.05) is 0 Å². The minimum atomic E-state index is 0.382. The van der Waals surface area contributed by atoms with Crippen LogP contribution < -0.4 is 11.3 Å². The quantitative estimate of drug-likeness (QED) is 0.631. The van der Waals surface area contributed by atoms with Crippen LogP contribution in [0.5, 0.6) is 0 Å². The van der Waals surface area contributed by atoms with Crippen LogP contribution in [0.2, 0.25) is 0 Å². The van der Waals surface area contributed by atoms with Crippen molar-refractivity contribution >= 4 is 0 Å². The number of rotatable bonds is 5. The van der Waals surface area contributed by atoms with E-state index in [9.17, 15) is 0 Å². The van der Waals surface area contributed by atoms with Crippen LogP contribution >= 0.6 is 0 Å². The fourth-order valence-electron chi connectivity index (χ4n) is 3.65. The summed E-state index contributed by atoms with van der Waals surface area (Å²) in [6.07, 6.45) is 7.57. The predicted octanol–water partition coefficient (Wildman–Crippen LogP) is 2.51. The fraction of sp³-hybridized carbons (Fsp3) is 0.625. The van der Waals surface area contributed by atoms with E-state index < -0.39 is 0 Å². The zero-order valence-corrected chi connectivity index (χ0v) is 11.5. The normalized spacial score (nSPS) is 27.4. The lowest BCUT2D eigenvalue weighted by atomic mass is 9.89. The van der Waals surface area contributed by atoms with Crippen LogP contribution in [0.15, 0.2) is 24.3 Å². The van der Waals surface area contributed by atoms with Gasteiger partial charge in [0, 0.05) is 18.6 Å². The van der Waals surface area contributed by atoms with Gasteiger partial charge in [0.2, 0.25) is 0 Å². The number of benzene rings is 1. The summed E-state index contributed by atoms with van der Waals surface area (Å²) in [5.41, 5.74) is 6.06. The molecule has 1 aromatic carbocycles. The molecule has 104 valence electrons. The summed E-state index contributed by atoms with van der Waals surface area (Å²) < 4.78 is 5.71. The molecule has 1 saturated heterocycles. The van der Waals surface area contributed by atoms with Crippen molar-refractivity contribution in [1.29, 1.82) is 0 Å². The molecule has 1 fully saturated rings. The molecule has 1 aromatic rings. The third kappa shape index (κ3) is 2.83. The molecule has 3 unspecified atom stereocenters. The summed E-state index contributed by atoms with van der Waals surface area (Å²) in [4.78, 5) is 0. The predicted molar refractivity (Wildman–Crippen MR) is 76.8 cm³/mol. The highest BCUT2D eigenvalue weighted by Crippen LogP contribution is 2.36. The Kier molecular flexibility index (Phi) is 4.16. The van der Waals surface area contributed by atoms with Gasteiger partial charge in [0.1, 0.15) is 0 Å². The third-order valence-electron chi connectivity index (χ3n) is 4.70. The van der Waals surface area contributed by atoms with Crippen molar-refractivity contribution in [2.75, 3.05) is 6.61 Å². The van der Waals surface area contributed by atoms with Crippen LogP contribution in [0.1, 0.15) is 49.1 Å². The lowest BCUT2D eigenvalue weighted by molar-refractivity contribution is 0.0985. The van der Waals surface area contributed by atoms with E-state index in [1.54, 1.807) is 0 Å². The Morgan fingerprint density at radius 3 is 3.00 bits per heavy atom. The molecule has 3 rings (SSSR count). The fourth-order valence-corrected chi connectivity index (χ4v) is 3.65. The molecule has 0 saturated carbocycles. The van der Waals surface area contributed by atoms with Crippen LogP contribution in [-0.4, -0.2) is 18.8 Å². The maximum absolute atomic E-state index is 5.80. The number of aryl methyl sites for hydroxylation is 1. The molecule has 3 nitrogen and oxygen atoms in total. The first kappa shape index (κ1) is 13.1. The van der Waals surface area contributed by atoms with Crippen molar-refractivity contribution in [3.63, 3.8) is 0 Å². The Hall–Kier alpha value is -0.900. The van der Waals surface area contributed by atoms with Gasteiger partial charge in [-0.1, -0.05) is 24.3 Å². The van der Waals surface area contributed by atoms with E-state index in [0.717, 1.165) is 19.4 Å². The maximum Gasteiger partial charge on any atom is 0.0576 e. The molecular weight excluding hydrogens is 236 g/mol. The standard InChI is InChI=1S/C16H24N2O/c17-18-16(10-8-13-5-3-11-19-13)15-9-7-12-4-1-2-6-14(12)15/h1-2,4,6,13,15-16,18H,3,5,7-11,17H2. The summed E-state index contributed by atoms with van der Waals surface area (Å²) in [5, 5.41) is 0. The third-order valence-corrected chi connectivity index (χ3v) is 4.70. The van der Waals surface area contributed by atoms with Crippen molar-refractivity contribution in [2.24, 2.45) is 5.84 Å². The molecule has 1 aliphatic heterocycles. The minimum absolute atomic E-state index is 0.382. The van der Waals surface area contributed by atoms with Crippen molar-refractivity contribution < 1.29 is 4.74 Å². The second-order valence-electron chi connectivity index (χ2n) is 5.83. The molecule has 1 aliphatic carbocycles. The SMILES string of the molecule is NNC(CCC1CCCO1)C1CCc2ccccc21. The number of fused-ring (bicyclic) bond motifs is 1. The zero-order chi connectivity index (χ0) is 13.1. The average molecular weight is 260 g/mol. The molecule has 0 spiro atoms. The monoisotopic (exact) mass is 260 g/mol. The molecule has 0 bridgehead atoms. The van der Waals surface area contributed by atoms with E-state index in [2.05, 4.69) is 29.7 Å². The molecule has 0 amide bonds. The van der Waals surface area contributed by atoms with Crippen molar-refractivity contribution in [3.05, 3.63) is 35.4 Å². The van der Waals surface area contributed by atoms with Gasteiger partial charge in [0.05, 0.1) is 6.10 Å². The molecule has 2 aliphatic rings. The zero-order valence-electron chi connectivity index (χ0n) is 11.5. The first-order chi connectivity index (χ1) is 9.38. The van der Waals surface area contributed by atoms with E-state index in [0.29, 0.717) is 18.1 Å². The Morgan fingerprint density at radius 2 is 2.21 bits per heavy atom. The van der Waals surface area contributed by atoms with Crippen molar-refractivity contribution in [2.45, 2.75) is 56.6 Å². The minimum Gasteiger partial charge on any atom is -0.378 e. The lowest BCUT2D eigenvalue weighted by Crippen LogP contribution is -2.39. The van der Waals surface area contributed by atoms with Crippen molar-refractivity contribution in [3.8, 4) is 0 Å². The molecule has 1 heterocycles. The Balaban J connectivity index is 1.62. The Morgan fingerprint density at radius 1 is 1.32 bits per heavy atom. The number of ether oxygens (including phenoxy) is 1. The highest BCUT2D eigenvalue weighted by molar-refractivity contribution is 5.35. The van der Waals surface area contributed by atoms with E-state index in [4.69, 9.17) is 10.6 Å². The lowest BCUT2D eigenvalue weighted by Gasteiger charge is -2.25. The summed E-state index contributed by atoms with van der Waals surface area (Å²) in [7, 11) is 0. The number of hydrazine groups is 1. The van der Waals surface area contributed by atoms with Gasteiger partial charge >= 0.3 is 0 Å². The van der Waals surface area contributed by atoms with Gasteiger partial charge < -0.3 is 4.74 Å². The second-order valence-corrected chi connectivity index (χ2v) is 5.83. The van der Waals surface area contributed by atoms with Gasteiger partial charge in [-0.15, -0.1) is 0 Å². The Labute approximate surface area is 115 Å². The van der Waals surface area contributed by atoms with Gasteiger partial charge in [0.15, 0.2) is 0 Å². The molecular formula is C16H24N2O. The summed E-state index contributed by atoms with van der Waals surface area (Å²) in [6.45, 7) is 0.942. The molecule has 3 atom stereocenters. The first-order valence-corrected chi connectivity index (χ1v) is 7.54. The highest BCUT2D eigenvalue weighted by Gasteiger charge is 2.29. The summed E-state index contributed by atoms with van der Waals surface area (Å²) in [6, 6.07) is 9.18. The number of nitrogens with two attached hydrogens (primary N) is 1. The highest BCUT2D eigenvalue weighted by atomic mass is 16.5. The van der Waals surface area contributed by atoms with Gasteiger partial charge in [-0.2, -0.15) is 0 Å². The number of hydrogen-bond acceptors (Lipinski definition) is 3. The topological polar surface area (TPSA) is 47.3 Å². The number of nitrogens with one attached hydrogen (secondary N) is 1.